The molecular formula is C13H19ClN4O2. The van der Waals surface area contributed by atoms with E-state index in [1.54, 1.807) is 38.4 Å². The molecule has 0 fully saturated rings. The van der Waals surface area contributed by atoms with E-state index in [9.17, 15) is 9.59 Å². The Morgan fingerprint density at radius 3 is 2.55 bits per heavy atom. The molecule has 0 unspecified atom stereocenters. The number of hydrogen-bond donors (Lipinski definition) is 3. The van der Waals surface area contributed by atoms with E-state index >= 15 is 0 Å². The third-order valence-electron chi connectivity index (χ3n) is 2.42. The zero-order chi connectivity index (χ0) is 15.0. The topological polar surface area (TPSA) is 73.5 Å². The number of carbonyl (C=O) groups is 2. The van der Waals surface area contributed by atoms with Crippen LogP contribution in [0.5, 0.6) is 0 Å². The molecule has 1 aromatic rings. The minimum Gasteiger partial charge on any atom is -0.337 e. The average Bonchev–Trinajstić information content (AvgIpc) is 2.40. The summed E-state index contributed by atoms with van der Waals surface area (Å²) in [7, 11) is 3.33. The summed E-state index contributed by atoms with van der Waals surface area (Å²) >= 11 is 5.93. The summed E-state index contributed by atoms with van der Waals surface area (Å²) in [6.45, 7) is 1.12. The van der Waals surface area contributed by atoms with Gasteiger partial charge in [-0.3, -0.25) is 4.79 Å². The quantitative estimate of drug-likeness (QED) is 0.690. The van der Waals surface area contributed by atoms with Gasteiger partial charge in [0, 0.05) is 27.2 Å². The van der Waals surface area contributed by atoms with E-state index in [0.29, 0.717) is 23.8 Å². The number of anilines is 1. The van der Waals surface area contributed by atoms with Crippen LogP contribution in [0.1, 0.15) is 0 Å². The van der Waals surface area contributed by atoms with Crippen molar-refractivity contribution in [3.63, 3.8) is 0 Å². The second-order valence-corrected chi connectivity index (χ2v) is 4.74. The SMILES string of the molecule is CN(C)C(=O)NCCNCC(=O)Nc1ccccc1Cl. The molecule has 0 spiro atoms. The van der Waals surface area contributed by atoms with E-state index in [-0.39, 0.29) is 18.5 Å². The van der Waals surface area contributed by atoms with E-state index in [2.05, 4.69) is 16.0 Å². The molecule has 0 aliphatic carbocycles. The van der Waals surface area contributed by atoms with Crippen LogP contribution < -0.4 is 16.0 Å². The van der Waals surface area contributed by atoms with Gasteiger partial charge in [0.15, 0.2) is 0 Å². The smallest absolute Gasteiger partial charge is 0.316 e. The van der Waals surface area contributed by atoms with Crippen LogP contribution in [0.25, 0.3) is 0 Å². The lowest BCUT2D eigenvalue weighted by Gasteiger charge is -2.12. The number of nitrogens with zero attached hydrogens (tertiary/aromatic N) is 1. The van der Waals surface area contributed by atoms with Crippen LogP contribution in [0.3, 0.4) is 0 Å². The van der Waals surface area contributed by atoms with E-state index in [1.165, 1.54) is 4.90 Å². The van der Waals surface area contributed by atoms with Crippen LogP contribution in [-0.2, 0) is 4.79 Å². The molecule has 0 aromatic heterocycles. The van der Waals surface area contributed by atoms with E-state index < -0.39 is 0 Å². The number of nitrogens with one attached hydrogen (secondary N) is 3. The highest BCUT2D eigenvalue weighted by molar-refractivity contribution is 6.33. The van der Waals surface area contributed by atoms with Gasteiger partial charge in [-0.2, -0.15) is 0 Å². The third kappa shape index (κ3) is 5.90. The summed E-state index contributed by atoms with van der Waals surface area (Å²) in [5.74, 6) is -0.183. The second kappa shape index (κ2) is 8.39. The maximum absolute atomic E-state index is 11.6. The molecule has 0 bridgehead atoms. The summed E-state index contributed by atoms with van der Waals surface area (Å²) in [6, 6.07) is 6.88. The summed E-state index contributed by atoms with van der Waals surface area (Å²) in [5.41, 5.74) is 0.585. The summed E-state index contributed by atoms with van der Waals surface area (Å²) in [4.78, 5) is 24.3. The van der Waals surface area contributed by atoms with Crippen molar-refractivity contribution >= 4 is 29.2 Å². The van der Waals surface area contributed by atoms with Crippen molar-refractivity contribution in [2.45, 2.75) is 0 Å². The van der Waals surface area contributed by atoms with Crippen molar-refractivity contribution in [2.75, 3.05) is 39.0 Å². The summed E-state index contributed by atoms with van der Waals surface area (Å²) in [6.07, 6.45) is 0. The fourth-order valence-corrected chi connectivity index (χ4v) is 1.56. The number of hydrogen-bond acceptors (Lipinski definition) is 3. The Bertz CT molecular complexity index is 465. The van der Waals surface area contributed by atoms with Gasteiger partial charge in [-0.15, -0.1) is 0 Å². The molecule has 0 saturated heterocycles. The predicted molar refractivity (Wildman–Crippen MR) is 80.0 cm³/mol. The Kier molecular flexibility index (Phi) is 6.83. The van der Waals surface area contributed by atoms with E-state index in [4.69, 9.17) is 11.6 Å². The number of para-hydroxylation sites is 1. The second-order valence-electron chi connectivity index (χ2n) is 4.33. The van der Waals surface area contributed by atoms with Gasteiger partial charge in [-0.1, -0.05) is 23.7 Å². The maximum atomic E-state index is 11.6. The van der Waals surface area contributed by atoms with Crippen molar-refractivity contribution in [3.8, 4) is 0 Å². The zero-order valence-electron chi connectivity index (χ0n) is 11.6. The van der Waals surface area contributed by atoms with Crippen LogP contribution >= 0.6 is 11.6 Å². The first kappa shape index (κ1) is 16.3. The number of benzene rings is 1. The maximum Gasteiger partial charge on any atom is 0.316 e. The minimum absolute atomic E-state index is 0.156. The molecule has 1 aromatic carbocycles. The van der Waals surface area contributed by atoms with E-state index in [0.717, 1.165) is 0 Å². The highest BCUT2D eigenvalue weighted by Crippen LogP contribution is 2.19. The van der Waals surface area contributed by atoms with Crippen LogP contribution in [-0.4, -0.2) is 50.6 Å². The van der Waals surface area contributed by atoms with Gasteiger partial charge in [-0.05, 0) is 12.1 Å². The number of urea groups is 1. The van der Waals surface area contributed by atoms with Gasteiger partial charge in [0.25, 0.3) is 0 Å². The monoisotopic (exact) mass is 298 g/mol. The van der Waals surface area contributed by atoms with Crippen LogP contribution in [0.15, 0.2) is 24.3 Å². The first-order valence-corrected chi connectivity index (χ1v) is 6.58. The van der Waals surface area contributed by atoms with Crippen molar-refractivity contribution in [2.24, 2.45) is 0 Å². The first-order chi connectivity index (χ1) is 9.50. The first-order valence-electron chi connectivity index (χ1n) is 6.21. The van der Waals surface area contributed by atoms with E-state index in [1.807, 2.05) is 0 Å². The molecule has 6 nitrogen and oxygen atoms in total. The molecule has 3 amide bonds. The lowest BCUT2D eigenvalue weighted by Crippen LogP contribution is -2.39. The molecule has 0 aliphatic heterocycles. The Hall–Kier alpha value is -1.79. The molecule has 0 heterocycles. The number of carbonyl (C=O) groups excluding carboxylic acids is 2. The highest BCUT2D eigenvalue weighted by atomic mass is 35.5. The largest absolute Gasteiger partial charge is 0.337 e. The third-order valence-corrected chi connectivity index (χ3v) is 2.75. The number of halogens is 1. The van der Waals surface area contributed by atoms with Crippen molar-refractivity contribution in [1.82, 2.24) is 15.5 Å². The Labute approximate surface area is 123 Å². The fraction of sp³-hybridized carbons (Fsp3) is 0.385. The van der Waals surface area contributed by atoms with Crippen molar-refractivity contribution < 1.29 is 9.59 Å². The average molecular weight is 299 g/mol. The van der Waals surface area contributed by atoms with Crippen LogP contribution in [0, 0.1) is 0 Å². The molecular weight excluding hydrogens is 280 g/mol. The summed E-state index contributed by atoms with van der Waals surface area (Å²) < 4.78 is 0. The molecule has 3 N–H and O–H groups in total. The van der Waals surface area contributed by atoms with Gasteiger partial charge in [0.1, 0.15) is 0 Å². The standard InChI is InChI=1S/C13H19ClN4O2/c1-18(2)13(20)16-8-7-15-9-12(19)17-11-6-4-3-5-10(11)14/h3-6,15H,7-9H2,1-2H3,(H,16,20)(H,17,19). The van der Waals surface area contributed by atoms with Crippen molar-refractivity contribution in [3.05, 3.63) is 29.3 Å². The van der Waals surface area contributed by atoms with Gasteiger partial charge < -0.3 is 20.9 Å². The minimum atomic E-state index is -0.183. The Morgan fingerprint density at radius 1 is 1.20 bits per heavy atom. The normalized spacial score (nSPS) is 9.95. The highest BCUT2D eigenvalue weighted by Gasteiger charge is 2.05. The van der Waals surface area contributed by atoms with Crippen molar-refractivity contribution in [1.29, 1.82) is 0 Å². The van der Waals surface area contributed by atoms with Gasteiger partial charge in [0.05, 0.1) is 17.3 Å². The molecule has 0 aliphatic rings. The molecule has 7 heteroatoms. The van der Waals surface area contributed by atoms with Gasteiger partial charge in [0.2, 0.25) is 5.91 Å². The fourth-order valence-electron chi connectivity index (χ4n) is 1.37. The molecule has 110 valence electrons. The molecule has 20 heavy (non-hydrogen) atoms. The van der Waals surface area contributed by atoms with Crippen LogP contribution in [0.2, 0.25) is 5.02 Å². The van der Waals surface area contributed by atoms with Gasteiger partial charge >= 0.3 is 6.03 Å². The molecule has 0 atom stereocenters. The lowest BCUT2D eigenvalue weighted by atomic mass is 10.3. The number of amides is 3. The Balaban J connectivity index is 2.18. The molecule has 0 radical (unpaired) electrons. The number of rotatable bonds is 6. The Morgan fingerprint density at radius 2 is 1.90 bits per heavy atom. The lowest BCUT2D eigenvalue weighted by molar-refractivity contribution is -0.115. The molecule has 0 saturated carbocycles. The van der Waals surface area contributed by atoms with Gasteiger partial charge in [-0.25, -0.2) is 4.79 Å². The zero-order valence-corrected chi connectivity index (χ0v) is 12.3. The predicted octanol–water partition coefficient (Wildman–Crippen LogP) is 1.14. The molecule has 1 rings (SSSR count). The summed E-state index contributed by atoms with van der Waals surface area (Å²) in [5, 5.41) is 8.82. The van der Waals surface area contributed by atoms with Crippen LogP contribution in [0.4, 0.5) is 10.5 Å².